The summed E-state index contributed by atoms with van der Waals surface area (Å²) in [5.41, 5.74) is 1.60. The fourth-order valence-electron chi connectivity index (χ4n) is 1.76. The number of hydrogen-bond donors (Lipinski definition) is 0. The second kappa shape index (κ2) is 6.95. The highest BCUT2D eigenvalue weighted by molar-refractivity contribution is 9.08. The van der Waals surface area contributed by atoms with Gasteiger partial charge in [0.15, 0.2) is 11.6 Å². The molecule has 0 saturated carbocycles. The van der Waals surface area contributed by atoms with E-state index in [0.717, 1.165) is 11.1 Å². The van der Waals surface area contributed by atoms with Gasteiger partial charge in [-0.2, -0.15) is 0 Å². The molecule has 0 aliphatic carbocycles. The van der Waals surface area contributed by atoms with Crippen LogP contribution in [0.5, 0.6) is 11.5 Å². The highest BCUT2D eigenvalue weighted by atomic mass is 79.9. The Morgan fingerprint density at radius 2 is 2.00 bits per heavy atom. The highest BCUT2D eigenvalue weighted by Crippen LogP contribution is 2.29. The van der Waals surface area contributed by atoms with Gasteiger partial charge in [-0.25, -0.2) is 4.39 Å². The predicted molar refractivity (Wildman–Crippen MR) is 81.4 cm³/mol. The van der Waals surface area contributed by atoms with Crippen LogP contribution in [0.15, 0.2) is 36.4 Å². The van der Waals surface area contributed by atoms with Crippen LogP contribution in [0.4, 0.5) is 4.39 Å². The molecule has 0 aliphatic rings. The van der Waals surface area contributed by atoms with Crippen molar-refractivity contribution < 1.29 is 13.9 Å². The first kappa shape index (κ1) is 15.1. The highest BCUT2D eigenvalue weighted by Gasteiger charge is 2.08. The summed E-state index contributed by atoms with van der Waals surface area (Å²) >= 11 is 9.46. The zero-order valence-corrected chi connectivity index (χ0v) is 13.2. The van der Waals surface area contributed by atoms with Crippen LogP contribution >= 0.6 is 27.5 Å². The molecule has 2 aromatic rings. The Labute approximate surface area is 130 Å². The Balaban J connectivity index is 2.13. The maximum absolute atomic E-state index is 13.6. The Kier molecular flexibility index (Phi) is 5.26. The summed E-state index contributed by atoms with van der Waals surface area (Å²) in [4.78, 5) is 0. The molecular formula is C15H13BrClFO2. The molecule has 0 atom stereocenters. The van der Waals surface area contributed by atoms with E-state index in [-0.39, 0.29) is 12.4 Å². The lowest BCUT2D eigenvalue weighted by molar-refractivity contribution is 0.302. The minimum absolute atomic E-state index is 0.220. The summed E-state index contributed by atoms with van der Waals surface area (Å²) in [6.07, 6.45) is 0. The van der Waals surface area contributed by atoms with Crippen molar-refractivity contribution in [3.8, 4) is 11.5 Å². The minimum atomic E-state index is -0.402. The van der Waals surface area contributed by atoms with Gasteiger partial charge in [0, 0.05) is 15.9 Å². The van der Waals surface area contributed by atoms with Gasteiger partial charge in [0.25, 0.3) is 0 Å². The molecule has 0 amide bonds. The van der Waals surface area contributed by atoms with Crippen molar-refractivity contribution in [1.82, 2.24) is 0 Å². The quantitative estimate of drug-likeness (QED) is 0.702. The van der Waals surface area contributed by atoms with Crippen LogP contribution in [0.1, 0.15) is 11.1 Å². The second-order valence-corrected chi connectivity index (χ2v) is 5.08. The molecule has 0 N–H and O–H groups in total. The van der Waals surface area contributed by atoms with E-state index in [1.807, 2.05) is 12.1 Å². The third kappa shape index (κ3) is 3.44. The molecular weight excluding hydrogens is 347 g/mol. The van der Waals surface area contributed by atoms with Crippen LogP contribution in [0.3, 0.4) is 0 Å². The summed E-state index contributed by atoms with van der Waals surface area (Å²) < 4.78 is 24.2. The lowest BCUT2D eigenvalue weighted by Gasteiger charge is -2.12. The molecule has 0 saturated heterocycles. The molecule has 0 spiro atoms. The number of rotatable bonds is 5. The van der Waals surface area contributed by atoms with Crippen molar-refractivity contribution in [1.29, 1.82) is 0 Å². The molecule has 2 aromatic carbocycles. The van der Waals surface area contributed by atoms with Gasteiger partial charge in [-0.15, -0.1) is 0 Å². The van der Waals surface area contributed by atoms with Crippen molar-refractivity contribution in [3.05, 3.63) is 58.4 Å². The SMILES string of the molecule is COc1ccc(COc2cccc(Cl)c2CBr)cc1F. The van der Waals surface area contributed by atoms with Crippen LogP contribution in [0.25, 0.3) is 0 Å². The third-order valence-corrected chi connectivity index (χ3v) is 3.73. The lowest BCUT2D eigenvalue weighted by Crippen LogP contribution is -1.99. The summed E-state index contributed by atoms with van der Waals surface area (Å²) in [5, 5.41) is 1.24. The molecule has 0 bridgehead atoms. The lowest BCUT2D eigenvalue weighted by atomic mass is 10.2. The normalized spacial score (nSPS) is 10.4. The molecule has 0 aromatic heterocycles. The largest absolute Gasteiger partial charge is 0.494 e. The molecule has 0 radical (unpaired) electrons. The van der Waals surface area contributed by atoms with E-state index in [0.29, 0.717) is 16.1 Å². The van der Waals surface area contributed by atoms with E-state index in [2.05, 4.69) is 15.9 Å². The standard InChI is InChI=1S/C15H13BrClFO2/c1-19-15-6-5-10(7-13(15)18)9-20-14-4-2-3-12(17)11(14)8-16/h2-7H,8-9H2,1H3. The number of ether oxygens (including phenoxy) is 2. The van der Waals surface area contributed by atoms with Gasteiger partial charge in [0.1, 0.15) is 12.4 Å². The number of halogens is 3. The summed E-state index contributed by atoms with van der Waals surface area (Å²) in [7, 11) is 1.43. The van der Waals surface area contributed by atoms with Gasteiger partial charge >= 0.3 is 0 Å². The zero-order chi connectivity index (χ0) is 14.5. The van der Waals surface area contributed by atoms with Gasteiger partial charge in [-0.05, 0) is 29.8 Å². The molecule has 0 aliphatic heterocycles. The third-order valence-electron chi connectivity index (χ3n) is 2.82. The maximum Gasteiger partial charge on any atom is 0.165 e. The van der Waals surface area contributed by atoms with Crippen molar-refractivity contribution in [2.45, 2.75) is 11.9 Å². The van der Waals surface area contributed by atoms with Crippen LogP contribution in [-0.4, -0.2) is 7.11 Å². The van der Waals surface area contributed by atoms with E-state index >= 15 is 0 Å². The minimum Gasteiger partial charge on any atom is -0.494 e. The zero-order valence-electron chi connectivity index (χ0n) is 10.8. The smallest absolute Gasteiger partial charge is 0.165 e. The predicted octanol–water partition coefficient (Wildman–Crippen LogP) is 4.96. The first-order chi connectivity index (χ1) is 9.65. The van der Waals surface area contributed by atoms with Gasteiger partial charge in [0.2, 0.25) is 0 Å². The van der Waals surface area contributed by atoms with E-state index < -0.39 is 5.82 Å². The Morgan fingerprint density at radius 3 is 2.65 bits per heavy atom. The van der Waals surface area contributed by atoms with E-state index in [1.165, 1.54) is 13.2 Å². The average Bonchev–Trinajstić information content (AvgIpc) is 2.45. The van der Waals surface area contributed by atoms with Crippen LogP contribution in [-0.2, 0) is 11.9 Å². The molecule has 106 valence electrons. The van der Waals surface area contributed by atoms with Crippen molar-refractivity contribution in [2.75, 3.05) is 7.11 Å². The molecule has 20 heavy (non-hydrogen) atoms. The Bertz CT molecular complexity index is 604. The monoisotopic (exact) mass is 358 g/mol. The Morgan fingerprint density at radius 1 is 1.20 bits per heavy atom. The number of methoxy groups -OCH3 is 1. The summed E-state index contributed by atoms with van der Waals surface area (Å²) in [5.74, 6) is 0.503. The number of hydrogen-bond acceptors (Lipinski definition) is 2. The fraction of sp³-hybridized carbons (Fsp3) is 0.200. The van der Waals surface area contributed by atoms with Crippen LogP contribution < -0.4 is 9.47 Å². The van der Waals surface area contributed by atoms with Crippen molar-refractivity contribution >= 4 is 27.5 Å². The summed E-state index contributed by atoms with van der Waals surface area (Å²) in [6, 6.07) is 10.2. The van der Waals surface area contributed by atoms with Gasteiger partial charge < -0.3 is 9.47 Å². The Hall–Kier alpha value is -1.26. The van der Waals surface area contributed by atoms with E-state index in [1.54, 1.807) is 18.2 Å². The van der Waals surface area contributed by atoms with E-state index in [4.69, 9.17) is 21.1 Å². The molecule has 2 nitrogen and oxygen atoms in total. The maximum atomic E-state index is 13.6. The van der Waals surface area contributed by atoms with Crippen molar-refractivity contribution in [2.24, 2.45) is 0 Å². The second-order valence-electron chi connectivity index (χ2n) is 4.11. The molecule has 0 unspecified atom stereocenters. The number of alkyl halides is 1. The fourth-order valence-corrected chi connectivity index (χ4v) is 2.74. The molecule has 5 heteroatoms. The van der Waals surface area contributed by atoms with Gasteiger partial charge in [-0.3, -0.25) is 0 Å². The van der Waals surface area contributed by atoms with Gasteiger partial charge in [-0.1, -0.05) is 39.7 Å². The molecule has 0 fully saturated rings. The van der Waals surface area contributed by atoms with Gasteiger partial charge in [0.05, 0.1) is 7.11 Å². The van der Waals surface area contributed by atoms with E-state index in [9.17, 15) is 4.39 Å². The first-order valence-electron chi connectivity index (χ1n) is 5.94. The topological polar surface area (TPSA) is 18.5 Å². The van der Waals surface area contributed by atoms with Crippen molar-refractivity contribution in [3.63, 3.8) is 0 Å². The summed E-state index contributed by atoms with van der Waals surface area (Å²) in [6.45, 7) is 0.265. The molecule has 0 heterocycles. The first-order valence-corrected chi connectivity index (χ1v) is 7.44. The molecule has 2 rings (SSSR count). The van der Waals surface area contributed by atoms with Crippen LogP contribution in [0, 0.1) is 5.82 Å². The van der Waals surface area contributed by atoms with Crippen LogP contribution in [0.2, 0.25) is 5.02 Å². The number of benzene rings is 2. The average molecular weight is 360 g/mol.